The zero-order valence-electron chi connectivity index (χ0n) is 13.1. The van der Waals surface area contributed by atoms with Gasteiger partial charge in [-0.1, -0.05) is 50.7 Å². The van der Waals surface area contributed by atoms with Gasteiger partial charge < -0.3 is 5.11 Å². The summed E-state index contributed by atoms with van der Waals surface area (Å²) < 4.78 is 0. The molecule has 0 amide bonds. The molecule has 0 aromatic heterocycles. The molecule has 0 aliphatic heterocycles. The van der Waals surface area contributed by atoms with E-state index in [4.69, 9.17) is 17.3 Å². The summed E-state index contributed by atoms with van der Waals surface area (Å²) >= 11 is 5.43. The highest BCUT2D eigenvalue weighted by Crippen LogP contribution is 2.53. The average molecular weight is 328 g/mol. The molecule has 0 aromatic rings. The number of nitriles is 2. The minimum atomic E-state index is -1.09. The fourth-order valence-corrected chi connectivity index (χ4v) is 4.35. The highest BCUT2D eigenvalue weighted by molar-refractivity contribution is 7.81. The van der Waals surface area contributed by atoms with Crippen molar-refractivity contribution in [1.82, 2.24) is 0 Å². The van der Waals surface area contributed by atoms with Crippen molar-refractivity contribution in [3.8, 4) is 12.1 Å². The van der Waals surface area contributed by atoms with Gasteiger partial charge in [-0.05, 0) is 24.8 Å². The van der Waals surface area contributed by atoms with E-state index in [1.807, 2.05) is 12.1 Å². The molecule has 1 spiro atoms. The van der Waals surface area contributed by atoms with Gasteiger partial charge in [0.1, 0.15) is 17.7 Å². The minimum absolute atomic E-state index is 0.0246. The first kappa shape index (κ1) is 17.4. The molecule has 0 saturated heterocycles. The fraction of sp³-hybridized carbons (Fsp3) is 0.556. The van der Waals surface area contributed by atoms with Gasteiger partial charge in [0.15, 0.2) is 0 Å². The smallest absolute Gasteiger partial charge is 0.328 e. The molecule has 0 aromatic carbocycles. The molecule has 4 nitrogen and oxygen atoms in total. The van der Waals surface area contributed by atoms with Gasteiger partial charge in [0.05, 0.1) is 0 Å². The van der Waals surface area contributed by atoms with Gasteiger partial charge in [0.2, 0.25) is 0 Å². The van der Waals surface area contributed by atoms with Gasteiger partial charge in [-0.3, -0.25) is 0 Å². The van der Waals surface area contributed by atoms with Crippen LogP contribution >= 0.6 is 12.2 Å². The summed E-state index contributed by atoms with van der Waals surface area (Å²) in [5.41, 5.74) is 0.710. The maximum absolute atomic E-state index is 11.2. The average Bonchev–Trinajstić information content (AvgIpc) is 2.83. The van der Waals surface area contributed by atoms with Crippen molar-refractivity contribution in [1.29, 1.82) is 10.5 Å². The molecule has 0 unspecified atom stereocenters. The lowest BCUT2D eigenvalue weighted by Gasteiger charge is -2.30. The van der Waals surface area contributed by atoms with Crippen molar-refractivity contribution in [2.24, 2.45) is 5.41 Å². The zero-order chi connectivity index (χ0) is 16.9. The molecule has 5 heteroatoms. The molecule has 0 radical (unpaired) electrons. The number of rotatable bonds is 1. The molecular weight excluding hydrogens is 308 g/mol. The first-order valence-electron chi connectivity index (χ1n) is 8.07. The second-order valence-corrected chi connectivity index (χ2v) is 6.86. The van der Waals surface area contributed by atoms with E-state index < -0.39 is 5.97 Å². The summed E-state index contributed by atoms with van der Waals surface area (Å²) in [6, 6.07) is 3.93. The lowest BCUT2D eigenvalue weighted by molar-refractivity contribution is -0.131. The second kappa shape index (κ2) is 7.53. The lowest BCUT2D eigenvalue weighted by Crippen LogP contribution is -2.20. The number of carboxylic acid groups (broad SMARTS) is 1. The third-order valence-corrected chi connectivity index (χ3v) is 5.27. The third-order valence-electron chi connectivity index (χ3n) is 4.90. The van der Waals surface area contributed by atoms with Gasteiger partial charge in [0.25, 0.3) is 0 Å². The normalized spacial score (nSPS) is 22.8. The summed E-state index contributed by atoms with van der Waals surface area (Å²) in [4.78, 5) is 11.7. The molecule has 0 bridgehead atoms. The van der Waals surface area contributed by atoms with Gasteiger partial charge in [-0.2, -0.15) is 10.5 Å². The van der Waals surface area contributed by atoms with Crippen LogP contribution in [0.4, 0.5) is 0 Å². The number of allylic oxidation sites excluding steroid dienone is 3. The Bertz CT molecular complexity index is 635. The summed E-state index contributed by atoms with van der Waals surface area (Å²) in [6.45, 7) is 0. The van der Waals surface area contributed by atoms with Crippen molar-refractivity contribution in [2.45, 2.75) is 57.8 Å². The van der Waals surface area contributed by atoms with Crippen LogP contribution < -0.4 is 0 Å². The van der Waals surface area contributed by atoms with Gasteiger partial charge >= 0.3 is 5.97 Å². The maximum Gasteiger partial charge on any atom is 0.328 e. The van der Waals surface area contributed by atoms with Crippen molar-refractivity contribution < 1.29 is 9.90 Å². The highest BCUT2D eigenvalue weighted by Gasteiger charge is 2.45. The van der Waals surface area contributed by atoms with Crippen molar-refractivity contribution in [2.75, 3.05) is 0 Å². The Morgan fingerprint density at radius 3 is 2.09 bits per heavy atom. The summed E-state index contributed by atoms with van der Waals surface area (Å²) in [7, 11) is 0. The summed E-state index contributed by atoms with van der Waals surface area (Å²) in [5.74, 6) is -1.09. The topological polar surface area (TPSA) is 84.9 Å². The van der Waals surface area contributed by atoms with Gasteiger partial charge in [-0.15, -0.1) is 0 Å². The largest absolute Gasteiger partial charge is 0.478 e. The van der Waals surface area contributed by atoms with E-state index in [9.17, 15) is 15.3 Å². The van der Waals surface area contributed by atoms with Crippen LogP contribution in [0.2, 0.25) is 0 Å². The van der Waals surface area contributed by atoms with Crippen LogP contribution in [0.25, 0.3) is 0 Å². The molecule has 1 N–H and O–H groups in total. The maximum atomic E-state index is 11.2. The molecule has 2 rings (SSSR count). The molecule has 2 aliphatic rings. The number of carbonyl (C=O) groups is 1. The minimum Gasteiger partial charge on any atom is -0.478 e. The summed E-state index contributed by atoms with van der Waals surface area (Å²) in [6.07, 6.45) is 10.1. The van der Waals surface area contributed by atoms with Crippen molar-refractivity contribution in [3.05, 3.63) is 22.8 Å². The molecule has 0 heterocycles. The molecule has 2 aliphatic carbocycles. The van der Waals surface area contributed by atoms with E-state index in [0.717, 1.165) is 44.6 Å². The molecule has 120 valence electrons. The quantitative estimate of drug-likeness (QED) is 0.442. The number of aliphatic carboxylic acids is 1. The van der Waals surface area contributed by atoms with E-state index >= 15 is 0 Å². The number of hydrogen-bond donors (Lipinski definition) is 1. The van der Waals surface area contributed by atoms with E-state index in [1.54, 1.807) is 0 Å². The van der Waals surface area contributed by atoms with Crippen LogP contribution in [0, 0.1) is 28.1 Å². The zero-order valence-corrected chi connectivity index (χ0v) is 13.9. The van der Waals surface area contributed by atoms with E-state index in [-0.39, 0.29) is 11.0 Å². The van der Waals surface area contributed by atoms with Crippen LogP contribution in [0.3, 0.4) is 0 Å². The summed E-state index contributed by atoms with van der Waals surface area (Å²) in [5, 5.41) is 27.9. The highest BCUT2D eigenvalue weighted by atomic mass is 32.1. The van der Waals surface area contributed by atoms with E-state index in [0.29, 0.717) is 22.4 Å². The van der Waals surface area contributed by atoms with Crippen molar-refractivity contribution in [3.63, 3.8) is 0 Å². The molecule has 2 saturated carbocycles. The predicted molar refractivity (Wildman–Crippen MR) is 90.6 cm³/mol. The number of nitrogens with zero attached hydrogens (tertiary/aromatic N) is 2. The molecule has 0 atom stereocenters. The van der Waals surface area contributed by atoms with Crippen molar-refractivity contribution >= 4 is 23.1 Å². The van der Waals surface area contributed by atoms with Crippen LogP contribution in [-0.2, 0) is 4.79 Å². The Hall–Kier alpha value is -1.98. The monoisotopic (exact) mass is 328 g/mol. The number of thiocarbonyl (C=S) groups is 1. The van der Waals surface area contributed by atoms with Crippen LogP contribution in [0.1, 0.15) is 57.8 Å². The number of carboxylic acids is 1. The van der Waals surface area contributed by atoms with E-state index in [2.05, 4.69) is 0 Å². The first-order chi connectivity index (χ1) is 11.0. The molecule has 2 fully saturated rings. The number of hydrogen-bond acceptors (Lipinski definition) is 4. The predicted octanol–water partition coefficient (Wildman–Crippen LogP) is 4.24. The van der Waals surface area contributed by atoms with Crippen LogP contribution in [-0.4, -0.2) is 15.9 Å². The Labute approximate surface area is 142 Å². The SMILES string of the molecule is N#CC(C#N)=C1/C(=C/C(=O)O)C(=S)CC12CCCCCCCC2. The van der Waals surface area contributed by atoms with Crippen LogP contribution in [0.15, 0.2) is 22.8 Å². The Morgan fingerprint density at radius 2 is 1.61 bits per heavy atom. The van der Waals surface area contributed by atoms with E-state index in [1.165, 1.54) is 12.8 Å². The Balaban J connectivity index is 2.59. The van der Waals surface area contributed by atoms with Crippen LogP contribution in [0.5, 0.6) is 0 Å². The molecular formula is C18H20N2O2S. The Kier molecular flexibility index (Phi) is 5.69. The van der Waals surface area contributed by atoms with Gasteiger partial charge in [-0.25, -0.2) is 4.79 Å². The second-order valence-electron chi connectivity index (χ2n) is 6.37. The lowest BCUT2D eigenvalue weighted by atomic mass is 9.72. The fourth-order valence-electron chi connectivity index (χ4n) is 3.91. The third kappa shape index (κ3) is 3.68. The molecule has 23 heavy (non-hydrogen) atoms. The van der Waals surface area contributed by atoms with Gasteiger partial charge in [0, 0.05) is 21.9 Å². The Morgan fingerprint density at radius 1 is 1.09 bits per heavy atom. The first-order valence-corrected chi connectivity index (χ1v) is 8.48. The standard InChI is InChI=1S/C18H20N2O2S/c19-11-13(12-20)17-14(9-16(21)22)15(23)10-18(17)7-5-3-1-2-4-6-8-18/h9H,1-8,10H2,(H,21,22)/b14-9+.